The van der Waals surface area contributed by atoms with E-state index >= 15 is 0 Å². The summed E-state index contributed by atoms with van der Waals surface area (Å²) in [7, 11) is 0. The Hall–Kier alpha value is -0.340. The molecule has 0 bridgehead atoms. The van der Waals surface area contributed by atoms with Crippen molar-refractivity contribution in [2.45, 2.75) is 25.9 Å². The van der Waals surface area contributed by atoms with Crippen LogP contribution in [-0.4, -0.2) is 5.11 Å². The predicted molar refractivity (Wildman–Crippen MR) is 52.2 cm³/mol. The molecule has 1 N–H and O–H groups in total. The third-order valence-corrected chi connectivity index (χ3v) is 2.96. The standard InChI is InChI=1S/C10H11BrO/c1-6-4-7(11)5-9-8(6)2-3-10(9)12/h4-5,10,12H,2-3H2,1H3. The molecule has 0 amide bonds. The van der Waals surface area contributed by atoms with Gasteiger partial charge in [0.25, 0.3) is 0 Å². The van der Waals surface area contributed by atoms with Crippen molar-refractivity contribution in [3.05, 3.63) is 33.3 Å². The lowest BCUT2D eigenvalue weighted by molar-refractivity contribution is 0.180. The molecule has 0 fully saturated rings. The minimum Gasteiger partial charge on any atom is -0.388 e. The number of hydrogen-bond acceptors (Lipinski definition) is 1. The van der Waals surface area contributed by atoms with Crippen LogP contribution in [-0.2, 0) is 6.42 Å². The molecule has 2 rings (SSSR count). The molecule has 0 radical (unpaired) electrons. The normalized spacial score (nSPS) is 21.1. The van der Waals surface area contributed by atoms with Gasteiger partial charge in [0, 0.05) is 4.47 Å². The van der Waals surface area contributed by atoms with Crippen molar-refractivity contribution < 1.29 is 5.11 Å². The SMILES string of the molecule is Cc1cc(Br)cc2c1CCC2O. The summed E-state index contributed by atoms with van der Waals surface area (Å²) in [5, 5.41) is 9.61. The maximum absolute atomic E-state index is 9.61. The van der Waals surface area contributed by atoms with Crippen LogP contribution in [0.5, 0.6) is 0 Å². The summed E-state index contributed by atoms with van der Waals surface area (Å²) in [6.45, 7) is 2.10. The molecule has 12 heavy (non-hydrogen) atoms. The van der Waals surface area contributed by atoms with Gasteiger partial charge in [-0.25, -0.2) is 0 Å². The monoisotopic (exact) mass is 226 g/mol. The van der Waals surface area contributed by atoms with E-state index in [1.165, 1.54) is 11.1 Å². The van der Waals surface area contributed by atoms with Crippen LogP contribution in [0.3, 0.4) is 0 Å². The predicted octanol–water partition coefficient (Wildman–Crippen LogP) is 2.74. The van der Waals surface area contributed by atoms with Gasteiger partial charge in [-0.05, 0) is 48.6 Å². The molecule has 0 saturated heterocycles. The van der Waals surface area contributed by atoms with Crippen molar-refractivity contribution in [3.63, 3.8) is 0 Å². The Kier molecular flexibility index (Phi) is 1.97. The van der Waals surface area contributed by atoms with Crippen LogP contribution < -0.4 is 0 Å². The Balaban J connectivity index is 2.60. The van der Waals surface area contributed by atoms with Crippen LogP contribution in [0.2, 0.25) is 0 Å². The number of aryl methyl sites for hydroxylation is 1. The molecular formula is C10H11BrO. The number of rotatable bonds is 0. The summed E-state index contributed by atoms with van der Waals surface area (Å²) in [5.41, 5.74) is 3.74. The van der Waals surface area contributed by atoms with E-state index in [2.05, 4.69) is 28.9 Å². The van der Waals surface area contributed by atoms with Gasteiger partial charge < -0.3 is 5.11 Å². The fraction of sp³-hybridized carbons (Fsp3) is 0.400. The molecule has 0 spiro atoms. The van der Waals surface area contributed by atoms with Crippen molar-refractivity contribution in [2.24, 2.45) is 0 Å². The highest BCUT2D eigenvalue weighted by Gasteiger charge is 2.21. The number of fused-ring (bicyclic) bond motifs is 1. The van der Waals surface area contributed by atoms with Gasteiger partial charge in [0.2, 0.25) is 0 Å². The summed E-state index contributed by atoms with van der Waals surface area (Å²) in [6.07, 6.45) is 1.67. The zero-order chi connectivity index (χ0) is 8.72. The quantitative estimate of drug-likeness (QED) is 0.722. The van der Waals surface area contributed by atoms with Crippen molar-refractivity contribution in [2.75, 3.05) is 0 Å². The van der Waals surface area contributed by atoms with Crippen LogP contribution >= 0.6 is 15.9 Å². The molecular weight excluding hydrogens is 216 g/mol. The minimum absolute atomic E-state index is 0.240. The summed E-state index contributed by atoms with van der Waals surface area (Å²) in [6, 6.07) is 4.14. The Morgan fingerprint density at radius 1 is 1.50 bits per heavy atom. The van der Waals surface area contributed by atoms with Gasteiger partial charge in [0.05, 0.1) is 6.10 Å². The minimum atomic E-state index is -0.240. The highest BCUT2D eigenvalue weighted by Crippen LogP contribution is 2.35. The first-order chi connectivity index (χ1) is 5.68. The Labute approximate surface area is 80.5 Å². The molecule has 2 heteroatoms. The van der Waals surface area contributed by atoms with E-state index in [4.69, 9.17) is 0 Å². The van der Waals surface area contributed by atoms with Crippen molar-refractivity contribution in [1.29, 1.82) is 0 Å². The molecule has 1 aromatic rings. The molecule has 64 valence electrons. The fourth-order valence-corrected chi connectivity index (χ4v) is 2.46. The van der Waals surface area contributed by atoms with E-state index in [1.54, 1.807) is 0 Å². The third kappa shape index (κ3) is 1.19. The molecule has 0 aliphatic heterocycles. The zero-order valence-electron chi connectivity index (χ0n) is 6.97. The average molecular weight is 227 g/mol. The third-order valence-electron chi connectivity index (χ3n) is 2.50. The van der Waals surface area contributed by atoms with E-state index < -0.39 is 0 Å². The highest BCUT2D eigenvalue weighted by molar-refractivity contribution is 9.10. The smallest absolute Gasteiger partial charge is 0.0796 e. The largest absolute Gasteiger partial charge is 0.388 e. The molecule has 1 atom stereocenters. The Bertz CT molecular complexity index is 320. The van der Waals surface area contributed by atoms with E-state index in [-0.39, 0.29) is 6.10 Å². The number of aliphatic hydroxyl groups excluding tert-OH is 1. The maximum atomic E-state index is 9.61. The van der Waals surface area contributed by atoms with E-state index in [1.807, 2.05) is 6.07 Å². The summed E-state index contributed by atoms with van der Waals surface area (Å²) < 4.78 is 1.07. The van der Waals surface area contributed by atoms with Gasteiger partial charge in [-0.3, -0.25) is 0 Å². The van der Waals surface area contributed by atoms with Gasteiger partial charge in [-0.15, -0.1) is 0 Å². The number of hydrogen-bond donors (Lipinski definition) is 1. The van der Waals surface area contributed by atoms with Gasteiger partial charge in [0.15, 0.2) is 0 Å². The van der Waals surface area contributed by atoms with Crippen LogP contribution in [0.1, 0.15) is 29.2 Å². The molecule has 1 unspecified atom stereocenters. The zero-order valence-corrected chi connectivity index (χ0v) is 8.56. The van der Waals surface area contributed by atoms with Gasteiger partial charge in [0.1, 0.15) is 0 Å². The van der Waals surface area contributed by atoms with E-state index in [9.17, 15) is 5.11 Å². The summed E-state index contributed by atoms with van der Waals surface area (Å²) in [4.78, 5) is 0. The average Bonchev–Trinajstić information content (AvgIpc) is 2.33. The van der Waals surface area contributed by atoms with Gasteiger partial charge in [-0.2, -0.15) is 0 Å². The van der Waals surface area contributed by atoms with Crippen molar-refractivity contribution in [1.82, 2.24) is 0 Å². The van der Waals surface area contributed by atoms with Crippen molar-refractivity contribution >= 4 is 15.9 Å². The lowest BCUT2D eigenvalue weighted by Crippen LogP contribution is -1.91. The number of halogens is 1. The molecule has 0 aromatic heterocycles. The van der Waals surface area contributed by atoms with Crippen LogP contribution in [0.15, 0.2) is 16.6 Å². The van der Waals surface area contributed by atoms with Crippen molar-refractivity contribution in [3.8, 4) is 0 Å². The van der Waals surface area contributed by atoms with Crippen LogP contribution in [0.4, 0.5) is 0 Å². The number of benzene rings is 1. The molecule has 1 aliphatic rings. The molecule has 1 nitrogen and oxygen atoms in total. The second kappa shape index (κ2) is 2.86. The van der Waals surface area contributed by atoms with E-state index in [0.29, 0.717) is 0 Å². The highest BCUT2D eigenvalue weighted by atomic mass is 79.9. The summed E-state index contributed by atoms with van der Waals surface area (Å²) >= 11 is 3.43. The summed E-state index contributed by atoms with van der Waals surface area (Å²) in [5.74, 6) is 0. The first-order valence-corrected chi connectivity index (χ1v) is 4.95. The van der Waals surface area contributed by atoms with Crippen LogP contribution in [0, 0.1) is 6.92 Å². The topological polar surface area (TPSA) is 20.2 Å². The molecule has 0 heterocycles. The Morgan fingerprint density at radius 3 is 3.00 bits per heavy atom. The fourth-order valence-electron chi connectivity index (χ4n) is 1.87. The molecule has 1 aliphatic carbocycles. The van der Waals surface area contributed by atoms with E-state index in [0.717, 1.165) is 22.9 Å². The van der Waals surface area contributed by atoms with Gasteiger partial charge >= 0.3 is 0 Å². The first kappa shape index (κ1) is 8.27. The molecule has 1 aromatic carbocycles. The van der Waals surface area contributed by atoms with Crippen LogP contribution in [0.25, 0.3) is 0 Å². The second-order valence-corrected chi connectivity index (χ2v) is 4.26. The maximum Gasteiger partial charge on any atom is 0.0796 e. The molecule has 0 saturated carbocycles. The first-order valence-electron chi connectivity index (χ1n) is 4.15. The Morgan fingerprint density at radius 2 is 2.25 bits per heavy atom. The van der Waals surface area contributed by atoms with Gasteiger partial charge in [-0.1, -0.05) is 15.9 Å². The second-order valence-electron chi connectivity index (χ2n) is 3.34. The number of aliphatic hydroxyl groups is 1. The lowest BCUT2D eigenvalue weighted by atomic mass is 10.0. The lowest BCUT2D eigenvalue weighted by Gasteiger charge is -2.06.